The van der Waals surface area contributed by atoms with E-state index in [9.17, 15) is 9.00 Å². The summed E-state index contributed by atoms with van der Waals surface area (Å²) in [5, 5.41) is 2.95. The van der Waals surface area contributed by atoms with Crippen molar-refractivity contribution < 1.29 is 9.00 Å². The molecule has 0 saturated carbocycles. The van der Waals surface area contributed by atoms with Crippen molar-refractivity contribution in [2.45, 2.75) is 39.8 Å². The zero-order chi connectivity index (χ0) is 17.5. The van der Waals surface area contributed by atoms with E-state index in [2.05, 4.69) is 35.3 Å². The Balaban J connectivity index is 1.84. The number of piperidine rings is 1. The molecule has 1 saturated heterocycles. The van der Waals surface area contributed by atoms with Gasteiger partial charge in [-0.25, -0.2) is 0 Å². The van der Waals surface area contributed by atoms with Crippen LogP contribution in [0.25, 0.3) is 0 Å². The fourth-order valence-corrected chi connectivity index (χ4v) is 3.96. The molecule has 1 N–H and O–H groups in total. The third kappa shape index (κ3) is 6.36. The third-order valence-corrected chi connectivity index (χ3v) is 5.64. The van der Waals surface area contributed by atoms with Gasteiger partial charge in [-0.3, -0.25) is 13.9 Å². The van der Waals surface area contributed by atoms with Crippen LogP contribution in [0.5, 0.6) is 0 Å². The minimum absolute atomic E-state index is 0.0272. The van der Waals surface area contributed by atoms with E-state index in [1.807, 2.05) is 13.0 Å². The van der Waals surface area contributed by atoms with E-state index in [4.69, 9.17) is 0 Å². The highest BCUT2D eigenvalue weighted by Gasteiger charge is 2.16. The van der Waals surface area contributed by atoms with Crippen LogP contribution in [-0.2, 0) is 28.7 Å². The van der Waals surface area contributed by atoms with Crippen LogP contribution >= 0.6 is 0 Å². The third-order valence-electron chi connectivity index (χ3n) is 4.67. The first kappa shape index (κ1) is 19.1. The second-order valence-electron chi connectivity index (χ2n) is 7.14. The number of carbonyl (C=O) groups excluding carboxylic acids is 1. The first-order valence-electron chi connectivity index (χ1n) is 8.82. The van der Waals surface area contributed by atoms with Crippen molar-refractivity contribution in [2.24, 2.45) is 11.8 Å². The van der Waals surface area contributed by atoms with Gasteiger partial charge in [-0.1, -0.05) is 38.1 Å². The summed E-state index contributed by atoms with van der Waals surface area (Å²) in [6, 6.07) is 8.45. The van der Waals surface area contributed by atoms with Gasteiger partial charge in [0.25, 0.3) is 0 Å². The molecule has 1 aromatic rings. The molecule has 134 valence electrons. The van der Waals surface area contributed by atoms with E-state index in [1.165, 1.54) is 31.5 Å². The molecule has 1 fully saturated rings. The summed E-state index contributed by atoms with van der Waals surface area (Å²) in [6.45, 7) is 8.02. The highest BCUT2D eigenvalue weighted by atomic mass is 32.2. The fourth-order valence-electron chi connectivity index (χ4n) is 3.11. The van der Waals surface area contributed by atoms with E-state index < -0.39 is 10.8 Å². The molecule has 5 heteroatoms. The number of benzene rings is 1. The van der Waals surface area contributed by atoms with Crippen molar-refractivity contribution in [3.05, 3.63) is 35.4 Å². The largest absolute Gasteiger partial charge is 0.352 e. The molecule has 0 aliphatic carbocycles. The van der Waals surface area contributed by atoms with Crippen molar-refractivity contribution in [1.82, 2.24) is 10.2 Å². The highest BCUT2D eigenvalue weighted by Crippen LogP contribution is 2.18. The highest BCUT2D eigenvalue weighted by molar-refractivity contribution is 7.84. The van der Waals surface area contributed by atoms with Gasteiger partial charge in [0.15, 0.2) is 0 Å². The number of hydrogen-bond acceptors (Lipinski definition) is 3. The first-order chi connectivity index (χ1) is 11.4. The van der Waals surface area contributed by atoms with Gasteiger partial charge in [0.1, 0.15) is 0 Å². The normalized spacial score (nSPS) is 19.0. The van der Waals surface area contributed by atoms with Gasteiger partial charge in [0.05, 0.1) is 0 Å². The van der Waals surface area contributed by atoms with Crippen LogP contribution in [0.2, 0.25) is 0 Å². The molecule has 0 bridgehead atoms. The number of nitrogens with one attached hydrogen (secondary N) is 1. The van der Waals surface area contributed by atoms with Crippen molar-refractivity contribution in [3.8, 4) is 0 Å². The van der Waals surface area contributed by atoms with Crippen LogP contribution in [0, 0.1) is 11.8 Å². The molecule has 1 amide bonds. The number of likely N-dealkylation sites (tertiary alicyclic amines) is 1. The van der Waals surface area contributed by atoms with E-state index in [1.54, 1.807) is 6.26 Å². The Bertz CT molecular complexity index is 568. The fraction of sp³-hybridized carbons (Fsp3) is 0.632. The maximum absolute atomic E-state index is 12.0. The molecular weight excluding hydrogens is 320 g/mol. The first-order valence-corrected chi connectivity index (χ1v) is 10.5. The summed E-state index contributed by atoms with van der Waals surface area (Å²) < 4.78 is 11.2. The Hall–Kier alpha value is -1.20. The van der Waals surface area contributed by atoms with Gasteiger partial charge in [0.2, 0.25) is 5.91 Å². The molecule has 0 radical (unpaired) electrons. The quantitative estimate of drug-likeness (QED) is 0.822. The van der Waals surface area contributed by atoms with E-state index >= 15 is 0 Å². The summed E-state index contributed by atoms with van der Waals surface area (Å²) in [5.74, 6) is 1.02. The van der Waals surface area contributed by atoms with Crippen LogP contribution in [0.1, 0.15) is 37.8 Å². The standard InChI is InChI=1S/C19H30N2O2S/c1-15-7-9-21(10-8-15)13-18-6-4-5-17(11-18)12-20-19(22)16(2)14-24(3)23/h4-6,11,15-16H,7-10,12-14H2,1-3H3,(H,20,22)/t16-,24+/m0/s1. The van der Waals surface area contributed by atoms with Gasteiger partial charge in [-0.2, -0.15) is 0 Å². The van der Waals surface area contributed by atoms with Crippen molar-refractivity contribution >= 4 is 16.7 Å². The number of hydrogen-bond donors (Lipinski definition) is 1. The predicted octanol–water partition coefficient (Wildman–Crippen LogP) is 2.55. The molecule has 0 unspecified atom stereocenters. The van der Waals surface area contributed by atoms with Crippen LogP contribution in [0.4, 0.5) is 0 Å². The van der Waals surface area contributed by atoms with E-state index in [0.29, 0.717) is 12.3 Å². The maximum atomic E-state index is 12.0. The summed E-state index contributed by atoms with van der Waals surface area (Å²) in [5.41, 5.74) is 2.43. The number of carbonyl (C=O) groups is 1. The summed E-state index contributed by atoms with van der Waals surface area (Å²) in [6.07, 6.45) is 4.20. The SMILES string of the molecule is CC1CCN(Cc2cccc(CNC(=O)[C@@H](C)C[S@@](C)=O)c2)CC1. The van der Waals surface area contributed by atoms with E-state index in [-0.39, 0.29) is 11.8 Å². The molecule has 4 nitrogen and oxygen atoms in total. The van der Waals surface area contributed by atoms with Crippen molar-refractivity contribution in [3.63, 3.8) is 0 Å². The van der Waals surface area contributed by atoms with Gasteiger partial charge < -0.3 is 5.32 Å². The Morgan fingerprint density at radius 1 is 1.33 bits per heavy atom. The van der Waals surface area contributed by atoms with Crippen LogP contribution < -0.4 is 5.32 Å². The molecule has 1 aliphatic rings. The topological polar surface area (TPSA) is 49.4 Å². The van der Waals surface area contributed by atoms with Gasteiger partial charge in [-0.05, 0) is 43.0 Å². The van der Waals surface area contributed by atoms with E-state index in [0.717, 1.165) is 18.0 Å². The Kier molecular flexibility index (Phi) is 7.43. The predicted molar refractivity (Wildman–Crippen MR) is 100 cm³/mol. The molecule has 1 heterocycles. The molecule has 2 atom stereocenters. The van der Waals surface area contributed by atoms with Crippen molar-refractivity contribution in [1.29, 1.82) is 0 Å². The molecule has 1 aromatic carbocycles. The molecule has 2 rings (SSSR count). The smallest absolute Gasteiger partial charge is 0.224 e. The number of nitrogens with zero attached hydrogens (tertiary/aromatic N) is 1. The monoisotopic (exact) mass is 350 g/mol. The minimum atomic E-state index is -0.941. The lowest BCUT2D eigenvalue weighted by Crippen LogP contribution is -2.32. The lowest BCUT2D eigenvalue weighted by molar-refractivity contribution is -0.124. The summed E-state index contributed by atoms with van der Waals surface area (Å²) in [4.78, 5) is 14.5. The van der Waals surface area contributed by atoms with Gasteiger partial charge in [-0.15, -0.1) is 0 Å². The Morgan fingerprint density at radius 2 is 2.00 bits per heavy atom. The average molecular weight is 351 g/mol. The molecular formula is C19H30N2O2S. The van der Waals surface area contributed by atoms with Crippen molar-refractivity contribution in [2.75, 3.05) is 25.1 Å². The van der Waals surface area contributed by atoms with Crippen LogP contribution in [-0.4, -0.2) is 40.1 Å². The summed E-state index contributed by atoms with van der Waals surface area (Å²) in [7, 11) is -0.941. The van der Waals surface area contributed by atoms with Crippen LogP contribution in [0.3, 0.4) is 0 Å². The molecule has 1 aliphatic heterocycles. The molecule has 0 aromatic heterocycles. The molecule has 0 spiro atoms. The van der Waals surface area contributed by atoms with Gasteiger partial charge in [0, 0.05) is 41.8 Å². The maximum Gasteiger partial charge on any atom is 0.224 e. The zero-order valence-electron chi connectivity index (χ0n) is 15.1. The second kappa shape index (κ2) is 9.33. The lowest BCUT2D eigenvalue weighted by Gasteiger charge is -2.30. The molecule has 24 heavy (non-hydrogen) atoms. The lowest BCUT2D eigenvalue weighted by atomic mass is 9.98. The van der Waals surface area contributed by atoms with Crippen LogP contribution in [0.15, 0.2) is 24.3 Å². The minimum Gasteiger partial charge on any atom is -0.352 e. The zero-order valence-corrected chi connectivity index (χ0v) is 15.9. The Labute approximate surface area is 148 Å². The summed E-state index contributed by atoms with van der Waals surface area (Å²) >= 11 is 0. The Morgan fingerprint density at radius 3 is 2.67 bits per heavy atom. The number of amides is 1. The number of rotatable bonds is 7. The second-order valence-corrected chi connectivity index (χ2v) is 8.62. The average Bonchev–Trinajstić information content (AvgIpc) is 2.54. The van der Waals surface area contributed by atoms with Gasteiger partial charge >= 0.3 is 0 Å².